The van der Waals surface area contributed by atoms with E-state index in [0.717, 1.165) is 5.56 Å². The molecule has 2 rings (SSSR count). The summed E-state index contributed by atoms with van der Waals surface area (Å²) in [6.07, 6.45) is 0. The van der Waals surface area contributed by atoms with Gasteiger partial charge in [0, 0.05) is 16.3 Å². The Morgan fingerprint density at radius 3 is 2.25 bits per heavy atom. The molecule has 0 radical (unpaired) electrons. The molecule has 2 aromatic rings. The van der Waals surface area contributed by atoms with Crippen molar-refractivity contribution < 1.29 is 14.7 Å². The van der Waals surface area contributed by atoms with Crippen molar-refractivity contribution in [2.45, 2.75) is 6.92 Å². The molecule has 0 atom stereocenters. The number of rotatable bonds is 3. The predicted octanol–water partition coefficient (Wildman–Crippen LogP) is 3.60. The van der Waals surface area contributed by atoms with Gasteiger partial charge in [0.1, 0.15) is 0 Å². The SMILES string of the molecule is Cc1ccc(Cl)cc1NC(=O)c1ccc(C(=O)O)cc1. The number of nitrogens with one attached hydrogen (secondary N) is 1. The Labute approximate surface area is 121 Å². The van der Waals surface area contributed by atoms with Crippen LogP contribution in [-0.4, -0.2) is 17.0 Å². The standard InChI is InChI=1S/C15H12ClNO3/c1-9-2-7-12(16)8-13(9)17-14(18)10-3-5-11(6-4-10)15(19)20/h2-8H,1H3,(H,17,18)(H,19,20). The minimum Gasteiger partial charge on any atom is -0.478 e. The Kier molecular flexibility index (Phi) is 4.05. The van der Waals surface area contributed by atoms with Crippen LogP contribution in [-0.2, 0) is 0 Å². The zero-order chi connectivity index (χ0) is 14.7. The highest BCUT2D eigenvalue weighted by Gasteiger charge is 2.09. The van der Waals surface area contributed by atoms with E-state index in [1.54, 1.807) is 12.1 Å². The Hall–Kier alpha value is -2.33. The molecule has 2 aromatic carbocycles. The number of hydrogen-bond donors (Lipinski definition) is 2. The monoisotopic (exact) mass is 289 g/mol. The molecule has 0 aliphatic carbocycles. The molecule has 0 aliphatic rings. The first-order valence-corrected chi connectivity index (χ1v) is 6.26. The normalized spacial score (nSPS) is 10.1. The van der Waals surface area contributed by atoms with Gasteiger partial charge in [-0.25, -0.2) is 4.79 Å². The summed E-state index contributed by atoms with van der Waals surface area (Å²) in [5.41, 5.74) is 2.05. The van der Waals surface area contributed by atoms with Gasteiger partial charge in [-0.2, -0.15) is 0 Å². The largest absolute Gasteiger partial charge is 0.478 e. The van der Waals surface area contributed by atoms with E-state index in [-0.39, 0.29) is 11.5 Å². The minimum absolute atomic E-state index is 0.139. The summed E-state index contributed by atoms with van der Waals surface area (Å²) >= 11 is 5.89. The number of hydrogen-bond acceptors (Lipinski definition) is 2. The Bertz CT molecular complexity index is 665. The van der Waals surface area contributed by atoms with E-state index in [2.05, 4.69) is 5.32 Å². The van der Waals surface area contributed by atoms with E-state index >= 15 is 0 Å². The number of aryl methyl sites for hydroxylation is 1. The summed E-state index contributed by atoms with van der Waals surface area (Å²) in [7, 11) is 0. The van der Waals surface area contributed by atoms with Crippen LogP contribution in [0.3, 0.4) is 0 Å². The van der Waals surface area contributed by atoms with E-state index in [1.807, 2.05) is 13.0 Å². The van der Waals surface area contributed by atoms with Gasteiger partial charge >= 0.3 is 5.97 Å². The number of carboxylic acids is 1. The van der Waals surface area contributed by atoms with Gasteiger partial charge in [0.25, 0.3) is 5.91 Å². The van der Waals surface area contributed by atoms with E-state index in [0.29, 0.717) is 16.3 Å². The molecule has 4 nitrogen and oxygen atoms in total. The van der Waals surface area contributed by atoms with Gasteiger partial charge in [0.2, 0.25) is 0 Å². The molecule has 0 saturated heterocycles. The number of halogens is 1. The van der Waals surface area contributed by atoms with Gasteiger partial charge in [-0.15, -0.1) is 0 Å². The average molecular weight is 290 g/mol. The fourth-order valence-corrected chi connectivity index (χ4v) is 1.86. The van der Waals surface area contributed by atoms with Crippen molar-refractivity contribution >= 4 is 29.2 Å². The molecule has 0 spiro atoms. The zero-order valence-electron chi connectivity index (χ0n) is 10.7. The molecule has 1 amide bonds. The van der Waals surface area contributed by atoms with Crippen molar-refractivity contribution in [3.8, 4) is 0 Å². The lowest BCUT2D eigenvalue weighted by molar-refractivity contribution is 0.0696. The van der Waals surface area contributed by atoms with Crippen LogP contribution in [0.25, 0.3) is 0 Å². The second kappa shape index (κ2) is 5.75. The van der Waals surface area contributed by atoms with Gasteiger partial charge in [-0.3, -0.25) is 4.79 Å². The molecule has 0 saturated carbocycles. The maximum absolute atomic E-state index is 12.1. The molecule has 0 aliphatic heterocycles. The Balaban J connectivity index is 2.19. The summed E-state index contributed by atoms with van der Waals surface area (Å²) in [5.74, 6) is -1.34. The first-order chi connectivity index (χ1) is 9.47. The maximum Gasteiger partial charge on any atom is 0.335 e. The highest BCUT2D eigenvalue weighted by atomic mass is 35.5. The highest BCUT2D eigenvalue weighted by molar-refractivity contribution is 6.31. The quantitative estimate of drug-likeness (QED) is 0.907. The van der Waals surface area contributed by atoms with Crippen LogP contribution in [0.2, 0.25) is 5.02 Å². The number of amides is 1. The fraction of sp³-hybridized carbons (Fsp3) is 0.0667. The molecule has 102 valence electrons. The average Bonchev–Trinajstić information content (AvgIpc) is 2.43. The maximum atomic E-state index is 12.1. The minimum atomic E-state index is -1.03. The van der Waals surface area contributed by atoms with Crippen molar-refractivity contribution in [1.82, 2.24) is 0 Å². The molecule has 20 heavy (non-hydrogen) atoms. The lowest BCUT2D eigenvalue weighted by Crippen LogP contribution is -2.13. The number of carbonyl (C=O) groups excluding carboxylic acids is 1. The van der Waals surface area contributed by atoms with Gasteiger partial charge in [-0.05, 0) is 48.9 Å². The van der Waals surface area contributed by atoms with Gasteiger partial charge in [0.05, 0.1) is 5.56 Å². The molecule has 0 fully saturated rings. The second-order valence-corrected chi connectivity index (χ2v) is 4.73. The lowest BCUT2D eigenvalue weighted by Gasteiger charge is -2.09. The zero-order valence-corrected chi connectivity index (χ0v) is 11.4. The van der Waals surface area contributed by atoms with Crippen LogP contribution in [0.15, 0.2) is 42.5 Å². The third-order valence-electron chi connectivity index (χ3n) is 2.84. The van der Waals surface area contributed by atoms with Crippen LogP contribution >= 0.6 is 11.6 Å². The van der Waals surface area contributed by atoms with Gasteiger partial charge in [-0.1, -0.05) is 17.7 Å². The molecule has 0 unspecified atom stereocenters. The van der Waals surface area contributed by atoms with E-state index in [9.17, 15) is 9.59 Å². The van der Waals surface area contributed by atoms with E-state index in [4.69, 9.17) is 16.7 Å². The molecule has 0 aromatic heterocycles. The topological polar surface area (TPSA) is 66.4 Å². The number of carbonyl (C=O) groups is 2. The van der Waals surface area contributed by atoms with E-state index < -0.39 is 5.97 Å². The molecular weight excluding hydrogens is 278 g/mol. The Morgan fingerprint density at radius 2 is 1.65 bits per heavy atom. The summed E-state index contributed by atoms with van der Waals surface area (Å²) in [6.45, 7) is 1.86. The first-order valence-electron chi connectivity index (χ1n) is 5.88. The molecule has 0 bridgehead atoms. The number of aromatic carboxylic acids is 1. The van der Waals surface area contributed by atoms with Crippen molar-refractivity contribution in [3.63, 3.8) is 0 Å². The predicted molar refractivity (Wildman–Crippen MR) is 77.5 cm³/mol. The fourth-order valence-electron chi connectivity index (χ4n) is 1.69. The number of benzene rings is 2. The van der Waals surface area contributed by atoms with Crippen molar-refractivity contribution in [1.29, 1.82) is 0 Å². The highest BCUT2D eigenvalue weighted by Crippen LogP contribution is 2.21. The van der Waals surface area contributed by atoms with Crippen molar-refractivity contribution in [2.24, 2.45) is 0 Å². The van der Waals surface area contributed by atoms with Gasteiger partial charge in [0.15, 0.2) is 0 Å². The van der Waals surface area contributed by atoms with Crippen molar-refractivity contribution in [3.05, 3.63) is 64.2 Å². The third-order valence-corrected chi connectivity index (χ3v) is 3.08. The smallest absolute Gasteiger partial charge is 0.335 e. The summed E-state index contributed by atoms with van der Waals surface area (Å²) in [6, 6.07) is 10.9. The first kappa shape index (κ1) is 14.1. The number of carboxylic acid groups (broad SMARTS) is 1. The summed E-state index contributed by atoms with van der Waals surface area (Å²) < 4.78 is 0. The Morgan fingerprint density at radius 1 is 1.05 bits per heavy atom. The molecule has 5 heteroatoms. The van der Waals surface area contributed by atoms with Crippen LogP contribution in [0.1, 0.15) is 26.3 Å². The van der Waals surface area contributed by atoms with Gasteiger partial charge < -0.3 is 10.4 Å². The third kappa shape index (κ3) is 3.16. The number of anilines is 1. The van der Waals surface area contributed by atoms with Crippen LogP contribution in [0.5, 0.6) is 0 Å². The molecular formula is C15H12ClNO3. The van der Waals surface area contributed by atoms with E-state index in [1.165, 1.54) is 24.3 Å². The van der Waals surface area contributed by atoms with Crippen LogP contribution in [0.4, 0.5) is 5.69 Å². The second-order valence-electron chi connectivity index (χ2n) is 4.30. The van der Waals surface area contributed by atoms with Crippen molar-refractivity contribution in [2.75, 3.05) is 5.32 Å². The summed E-state index contributed by atoms with van der Waals surface area (Å²) in [4.78, 5) is 22.8. The summed E-state index contributed by atoms with van der Waals surface area (Å²) in [5, 5.41) is 12.1. The molecule has 0 heterocycles. The van der Waals surface area contributed by atoms with Crippen LogP contribution in [0, 0.1) is 6.92 Å². The molecule has 2 N–H and O–H groups in total. The van der Waals surface area contributed by atoms with Crippen LogP contribution < -0.4 is 5.32 Å². The lowest BCUT2D eigenvalue weighted by atomic mass is 10.1.